The van der Waals surface area contributed by atoms with Crippen LogP contribution in [-0.4, -0.2) is 68.7 Å². The van der Waals surface area contributed by atoms with Gasteiger partial charge in [0.1, 0.15) is 11.5 Å². The van der Waals surface area contributed by atoms with Gasteiger partial charge in [-0.2, -0.15) is 0 Å². The molecule has 3 aromatic rings. The van der Waals surface area contributed by atoms with E-state index < -0.39 is 0 Å². The summed E-state index contributed by atoms with van der Waals surface area (Å²) in [6.07, 6.45) is 3.75. The molecule has 1 aromatic heterocycles. The first-order chi connectivity index (χ1) is 15.5. The van der Waals surface area contributed by atoms with Crippen molar-refractivity contribution >= 4 is 5.91 Å². The number of hydrogen-bond acceptors (Lipinski definition) is 4. The SMILES string of the molecule is C[C@@H](c1ccccc1-c1ccc(F)cc1)n1cncc1C(=O)N1CCN2C[C@H](O)C[C@H]2C1. The zero-order valence-corrected chi connectivity index (χ0v) is 18.1. The van der Waals surface area contributed by atoms with Crippen LogP contribution in [0.5, 0.6) is 0 Å². The lowest BCUT2D eigenvalue weighted by Gasteiger charge is -2.37. The fourth-order valence-corrected chi connectivity index (χ4v) is 5.05. The average molecular weight is 435 g/mol. The number of aromatic nitrogens is 2. The molecule has 3 atom stereocenters. The fraction of sp³-hybridized carbons (Fsp3) is 0.360. The Morgan fingerprint density at radius 3 is 2.72 bits per heavy atom. The molecular formula is C25H27FN4O2. The molecule has 0 radical (unpaired) electrons. The van der Waals surface area contributed by atoms with Crippen LogP contribution in [0.2, 0.25) is 0 Å². The van der Waals surface area contributed by atoms with Crippen molar-refractivity contribution in [1.29, 1.82) is 0 Å². The van der Waals surface area contributed by atoms with Crippen LogP contribution >= 0.6 is 0 Å². The Balaban J connectivity index is 1.42. The Labute approximate surface area is 186 Å². The van der Waals surface area contributed by atoms with Crippen molar-refractivity contribution in [2.75, 3.05) is 26.2 Å². The molecule has 2 fully saturated rings. The summed E-state index contributed by atoms with van der Waals surface area (Å²) in [5.74, 6) is -0.300. The number of nitrogens with zero attached hydrogens (tertiary/aromatic N) is 4. The number of carbonyl (C=O) groups is 1. The van der Waals surface area contributed by atoms with E-state index in [4.69, 9.17) is 0 Å². The lowest BCUT2D eigenvalue weighted by Crippen LogP contribution is -2.52. The molecule has 166 valence electrons. The number of aliphatic hydroxyl groups excluding tert-OH is 1. The third-order valence-electron chi connectivity index (χ3n) is 6.75. The van der Waals surface area contributed by atoms with Crippen molar-refractivity contribution in [1.82, 2.24) is 19.4 Å². The molecule has 7 heteroatoms. The lowest BCUT2D eigenvalue weighted by molar-refractivity contribution is 0.0558. The van der Waals surface area contributed by atoms with Gasteiger partial charge >= 0.3 is 0 Å². The van der Waals surface area contributed by atoms with Crippen molar-refractivity contribution in [3.05, 3.63) is 78.1 Å². The van der Waals surface area contributed by atoms with E-state index in [-0.39, 0.29) is 29.9 Å². The van der Waals surface area contributed by atoms with E-state index in [1.807, 2.05) is 40.7 Å². The molecule has 0 saturated carbocycles. The first kappa shape index (κ1) is 20.8. The molecule has 0 spiro atoms. The van der Waals surface area contributed by atoms with Crippen molar-refractivity contribution in [2.45, 2.75) is 31.5 Å². The summed E-state index contributed by atoms with van der Waals surface area (Å²) in [5, 5.41) is 9.97. The fourth-order valence-electron chi connectivity index (χ4n) is 5.05. The maximum atomic E-state index is 13.4. The monoisotopic (exact) mass is 434 g/mol. The molecule has 0 unspecified atom stereocenters. The summed E-state index contributed by atoms with van der Waals surface area (Å²) >= 11 is 0. The molecule has 2 aliphatic heterocycles. The normalized spacial score (nSPS) is 22.0. The van der Waals surface area contributed by atoms with Gasteiger partial charge < -0.3 is 14.6 Å². The highest BCUT2D eigenvalue weighted by Crippen LogP contribution is 2.31. The van der Waals surface area contributed by atoms with Crippen LogP contribution in [0, 0.1) is 5.82 Å². The number of carbonyl (C=O) groups excluding carboxylic acids is 1. The first-order valence-corrected chi connectivity index (χ1v) is 11.1. The Morgan fingerprint density at radius 2 is 1.91 bits per heavy atom. The molecular weight excluding hydrogens is 407 g/mol. The zero-order valence-electron chi connectivity index (χ0n) is 18.1. The van der Waals surface area contributed by atoms with E-state index in [1.165, 1.54) is 12.1 Å². The third-order valence-corrected chi connectivity index (χ3v) is 6.75. The van der Waals surface area contributed by atoms with Gasteiger partial charge in [-0.1, -0.05) is 36.4 Å². The third kappa shape index (κ3) is 3.82. The van der Waals surface area contributed by atoms with Gasteiger partial charge in [-0.3, -0.25) is 9.69 Å². The summed E-state index contributed by atoms with van der Waals surface area (Å²) in [7, 11) is 0. The maximum Gasteiger partial charge on any atom is 0.272 e. The minimum Gasteiger partial charge on any atom is -0.392 e. The maximum absolute atomic E-state index is 13.4. The van der Waals surface area contributed by atoms with Gasteiger partial charge in [0.25, 0.3) is 5.91 Å². The molecule has 0 aliphatic carbocycles. The largest absolute Gasteiger partial charge is 0.392 e. The Bertz CT molecular complexity index is 1110. The molecule has 1 N–H and O–H groups in total. The minimum absolute atomic E-state index is 0.0327. The average Bonchev–Trinajstić information content (AvgIpc) is 3.44. The van der Waals surface area contributed by atoms with Gasteiger partial charge in [0, 0.05) is 32.2 Å². The van der Waals surface area contributed by atoms with Gasteiger partial charge in [0.15, 0.2) is 0 Å². The number of rotatable bonds is 4. The van der Waals surface area contributed by atoms with Gasteiger partial charge in [0.05, 0.1) is 24.7 Å². The topological polar surface area (TPSA) is 61.6 Å². The van der Waals surface area contributed by atoms with Crippen LogP contribution in [0.1, 0.15) is 35.4 Å². The molecule has 2 saturated heterocycles. The smallest absolute Gasteiger partial charge is 0.272 e. The van der Waals surface area contributed by atoms with E-state index in [9.17, 15) is 14.3 Å². The highest BCUT2D eigenvalue weighted by atomic mass is 19.1. The highest BCUT2D eigenvalue weighted by Gasteiger charge is 2.37. The summed E-state index contributed by atoms with van der Waals surface area (Å²) in [4.78, 5) is 21.9. The number of amides is 1. The number of hydrogen-bond donors (Lipinski definition) is 1. The lowest BCUT2D eigenvalue weighted by atomic mass is 9.95. The highest BCUT2D eigenvalue weighted by molar-refractivity contribution is 5.92. The van der Waals surface area contributed by atoms with Crippen LogP contribution in [0.25, 0.3) is 11.1 Å². The molecule has 5 rings (SSSR count). The number of halogens is 1. The summed E-state index contributed by atoms with van der Waals surface area (Å²) < 4.78 is 15.4. The predicted octanol–water partition coefficient (Wildman–Crippen LogP) is 3.19. The zero-order chi connectivity index (χ0) is 22.2. The second-order valence-electron chi connectivity index (χ2n) is 8.75. The van der Waals surface area contributed by atoms with E-state index in [0.717, 1.165) is 23.2 Å². The standard InChI is InChI=1S/C25H27FN4O2/c1-17(22-4-2-3-5-23(22)18-6-8-19(26)9-7-18)30-16-27-13-24(30)25(32)29-11-10-28-15-21(31)12-20(28)14-29/h2-9,13,16-17,20-21,31H,10-12,14-15H2,1H3/t17-,20-,21+/m0/s1. The van der Waals surface area contributed by atoms with Gasteiger partial charge in [-0.05, 0) is 42.2 Å². The predicted molar refractivity (Wildman–Crippen MR) is 120 cm³/mol. The van der Waals surface area contributed by atoms with Gasteiger partial charge in [-0.15, -0.1) is 0 Å². The number of fused-ring (bicyclic) bond motifs is 1. The van der Waals surface area contributed by atoms with Crippen LogP contribution in [-0.2, 0) is 0 Å². The van der Waals surface area contributed by atoms with Crippen LogP contribution in [0.15, 0.2) is 61.1 Å². The van der Waals surface area contributed by atoms with Crippen LogP contribution < -0.4 is 0 Å². The van der Waals surface area contributed by atoms with E-state index >= 15 is 0 Å². The van der Waals surface area contributed by atoms with E-state index in [0.29, 0.717) is 31.7 Å². The quantitative estimate of drug-likeness (QED) is 0.685. The number of piperazine rings is 1. The first-order valence-electron chi connectivity index (χ1n) is 11.1. The molecule has 2 aromatic carbocycles. The van der Waals surface area contributed by atoms with Crippen LogP contribution in [0.4, 0.5) is 4.39 Å². The Morgan fingerprint density at radius 1 is 1.12 bits per heavy atom. The summed E-state index contributed by atoms with van der Waals surface area (Å²) in [6, 6.07) is 14.5. The molecule has 2 aliphatic rings. The second-order valence-corrected chi connectivity index (χ2v) is 8.75. The number of aliphatic hydroxyl groups is 1. The van der Waals surface area contributed by atoms with E-state index in [2.05, 4.69) is 9.88 Å². The van der Waals surface area contributed by atoms with Crippen molar-refractivity contribution < 1.29 is 14.3 Å². The van der Waals surface area contributed by atoms with E-state index in [1.54, 1.807) is 24.7 Å². The Kier molecular flexibility index (Phi) is 5.53. The second kappa shape index (κ2) is 8.48. The van der Waals surface area contributed by atoms with Crippen LogP contribution in [0.3, 0.4) is 0 Å². The summed E-state index contributed by atoms with van der Waals surface area (Å²) in [5.41, 5.74) is 3.52. The van der Waals surface area contributed by atoms with Crippen molar-refractivity contribution in [2.24, 2.45) is 0 Å². The Hall–Kier alpha value is -3.03. The van der Waals surface area contributed by atoms with Gasteiger partial charge in [0.2, 0.25) is 0 Å². The summed E-state index contributed by atoms with van der Waals surface area (Å²) in [6.45, 7) is 4.80. The molecule has 6 nitrogen and oxygen atoms in total. The molecule has 1 amide bonds. The molecule has 0 bridgehead atoms. The molecule has 32 heavy (non-hydrogen) atoms. The van der Waals surface area contributed by atoms with Gasteiger partial charge in [-0.25, -0.2) is 9.37 Å². The number of imidazole rings is 1. The van der Waals surface area contributed by atoms with Crippen molar-refractivity contribution in [3.8, 4) is 11.1 Å². The number of benzene rings is 2. The van der Waals surface area contributed by atoms with Crippen molar-refractivity contribution in [3.63, 3.8) is 0 Å². The minimum atomic E-state index is -0.302. The molecule has 3 heterocycles.